The lowest BCUT2D eigenvalue weighted by molar-refractivity contribution is 0.310. The first kappa shape index (κ1) is 7.59. The second-order valence-electron chi connectivity index (χ2n) is 5.23. The molecule has 4 rings (SSSR count). The topological polar surface area (TPSA) is 0 Å². The summed E-state index contributed by atoms with van der Waals surface area (Å²) in [5.41, 5.74) is 0. The lowest BCUT2D eigenvalue weighted by Crippen LogP contribution is -2.21. The van der Waals surface area contributed by atoms with Gasteiger partial charge in [0.2, 0.25) is 0 Å². The molecule has 0 aromatic carbocycles. The quantitative estimate of drug-likeness (QED) is 0.429. The molecule has 2 heteroatoms. The van der Waals surface area contributed by atoms with Crippen LogP contribution >= 0.6 is 23.2 Å². The summed E-state index contributed by atoms with van der Waals surface area (Å²) in [4.78, 5) is 0. The third kappa shape index (κ3) is 0.699. The first-order chi connectivity index (χ1) is 6.19. The van der Waals surface area contributed by atoms with Crippen molar-refractivity contribution in [1.29, 1.82) is 0 Å². The molecule has 0 heterocycles. The summed E-state index contributed by atoms with van der Waals surface area (Å²) in [6, 6.07) is 0. The van der Waals surface area contributed by atoms with E-state index in [0.717, 1.165) is 23.7 Å². The Bertz CT molecular complexity index is 307. The second-order valence-corrected chi connectivity index (χ2v) is 6.68. The van der Waals surface area contributed by atoms with Gasteiger partial charge in [-0.2, -0.15) is 0 Å². The highest BCUT2D eigenvalue weighted by Gasteiger charge is 2.74. The first-order valence-electron chi connectivity index (χ1n) is 5.25. The van der Waals surface area contributed by atoms with Crippen molar-refractivity contribution in [1.82, 2.24) is 0 Å². The maximum absolute atomic E-state index is 6.25. The first-order valence-corrected chi connectivity index (χ1v) is 6.01. The van der Waals surface area contributed by atoms with Crippen LogP contribution in [0.2, 0.25) is 0 Å². The molecule has 0 N–H and O–H groups in total. The normalized spacial score (nSPS) is 63.8. The zero-order chi connectivity index (χ0) is 8.79. The van der Waals surface area contributed by atoms with Crippen molar-refractivity contribution in [2.75, 3.05) is 0 Å². The minimum Gasteiger partial charge on any atom is -0.101 e. The molecule has 4 aliphatic carbocycles. The molecule has 0 aromatic rings. The molecule has 3 saturated carbocycles. The number of fused-ring (bicyclic) bond motifs is 7. The standard InChI is InChI=1S/C11H12Cl2/c12-11(13)8-4-7-5-1-2-6(3-5)9(7)10(8)11/h1-2,5-10H,3-4H2/t5-,6-,7+,8+,9+,10+/m0/s1. The largest absolute Gasteiger partial charge is 0.125 e. The molecule has 0 aromatic heterocycles. The van der Waals surface area contributed by atoms with Crippen LogP contribution in [-0.2, 0) is 0 Å². The van der Waals surface area contributed by atoms with Crippen molar-refractivity contribution in [3.05, 3.63) is 12.2 Å². The smallest absolute Gasteiger partial charge is 0.101 e. The summed E-state index contributed by atoms with van der Waals surface area (Å²) in [7, 11) is 0. The molecule has 3 fully saturated rings. The highest BCUT2D eigenvalue weighted by atomic mass is 35.5. The van der Waals surface area contributed by atoms with Gasteiger partial charge in [0, 0.05) is 5.92 Å². The molecular formula is C11H12Cl2. The fourth-order valence-corrected chi connectivity index (χ4v) is 5.28. The number of alkyl halides is 2. The van der Waals surface area contributed by atoms with Gasteiger partial charge in [-0.05, 0) is 42.4 Å². The van der Waals surface area contributed by atoms with Crippen LogP contribution in [0.3, 0.4) is 0 Å². The van der Waals surface area contributed by atoms with Gasteiger partial charge in [-0.15, -0.1) is 23.2 Å². The Morgan fingerprint density at radius 2 is 1.85 bits per heavy atom. The molecule has 0 spiro atoms. The Morgan fingerprint density at radius 3 is 2.69 bits per heavy atom. The lowest BCUT2D eigenvalue weighted by atomic mass is 9.82. The van der Waals surface area contributed by atoms with Crippen LogP contribution in [0.4, 0.5) is 0 Å². The van der Waals surface area contributed by atoms with Crippen molar-refractivity contribution >= 4 is 23.2 Å². The number of hydrogen-bond donors (Lipinski definition) is 0. The molecule has 2 bridgehead atoms. The van der Waals surface area contributed by atoms with Crippen molar-refractivity contribution < 1.29 is 0 Å². The van der Waals surface area contributed by atoms with Gasteiger partial charge in [-0.25, -0.2) is 0 Å². The molecular weight excluding hydrogens is 203 g/mol. The van der Waals surface area contributed by atoms with Gasteiger partial charge < -0.3 is 0 Å². The van der Waals surface area contributed by atoms with Crippen LogP contribution in [0.1, 0.15) is 12.8 Å². The number of allylic oxidation sites excluding steroid dienone is 2. The van der Waals surface area contributed by atoms with Gasteiger partial charge in [-0.3, -0.25) is 0 Å². The summed E-state index contributed by atoms with van der Waals surface area (Å²) in [6.45, 7) is 0. The molecule has 0 saturated heterocycles. The predicted molar refractivity (Wildman–Crippen MR) is 53.8 cm³/mol. The highest BCUT2D eigenvalue weighted by Crippen LogP contribution is 2.76. The van der Waals surface area contributed by atoms with Crippen LogP contribution in [0.5, 0.6) is 0 Å². The van der Waals surface area contributed by atoms with Crippen molar-refractivity contribution in [3.8, 4) is 0 Å². The van der Waals surface area contributed by atoms with Crippen molar-refractivity contribution in [2.24, 2.45) is 35.5 Å². The summed E-state index contributed by atoms with van der Waals surface area (Å²) in [5, 5.41) is 0. The maximum atomic E-state index is 6.25. The van der Waals surface area contributed by atoms with E-state index in [1.54, 1.807) is 0 Å². The van der Waals surface area contributed by atoms with Crippen molar-refractivity contribution in [2.45, 2.75) is 17.2 Å². The Balaban J connectivity index is 1.74. The van der Waals surface area contributed by atoms with E-state index in [-0.39, 0.29) is 4.33 Å². The number of halogens is 2. The number of hydrogen-bond acceptors (Lipinski definition) is 0. The van der Waals surface area contributed by atoms with Gasteiger partial charge in [-0.1, -0.05) is 12.2 Å². The van der Waals surface area contributed by atoms with E-state index in [0.29, 0.717) is 11.8 Å². The number of rotatable bonds is 0. The molecule has 6 atom stereocenters. The van der Waals surface area contributed by atoms with E-state index in [9.17, 15) is 0 Å². The van der Waals surface area contributed by atoms with E-state index < -0.39 is 0 Å². The van der Waals surface area contributed by atoms with Gasteiger partial charge in [0.25, 0.3) is 0 Å². The third-order valence-electron chi connectivity index (χ3n) is 4.89. The molecule has 0 radical (unpaired) electrons. The average Bonchev–Trinajstić information content (AvgIpc) is 2.58. The molecule has 13 heavy (non-hydrogen) atoms. The Labute approximate surface area is 88.3 Å². The fraction of sp³-hybridized carbons (Fsp3) is 0.818. The molecule has 70 valence electrons. The van der Waals surface area contributed by atoms with E-state index in [1.807, 2.05) is 0 Å². The highest BCUT2D eigenvalue weighted by molar-refractivity contribution is 6.51. The Hall–Kier alpha value is 0.320. The van der Waals surface area contributed by atoms with Crippen LogP contribution in [0, 0.1) is 35.5 Å². The van der Waals surface area contributed by atoms with Crippen molar-refractivity contribution in [3.63, 3.8) is 0 Å². The van der Waals surface area contributed by atoms with Gasteiger partial charge >= 0.3 is 0 Å². The SMILES string of the molecule is ClC1(Cl)[C@H]2[C@H]3[C@H](C[C@H]21)[C@H]1C=C[C@H]3C1. The monoisotopic (exact) mass is 214 g/mol. The molecule has 0 unspecified atom stereocenters. The molecule has 4 aliphatic rings. The van der Waals surface area contributed by atoms with E-state index in [4.69, 9.17) is 23.2 Å². The second kappa shape index (κ2) is 1.97. The minimum absolute atomic E-state index is 0.334. The lowest BCUT2D eigenvalue weighted by Gasteiger charge is -2.25. The predicted octanol–water partition coefficient (Wildman–Crippen LogP) is 3.25. The minimum atomic E-state index is -0.334. The fourth-order valence-electron chi connectivity index (χ4n) is 4.37. The average molecular weight is 215 g/mol. The van der Waals surface area contributed by atoms with Crippen LogP contribution in [0.15, 0.2) is 12.2 Å². The summed E-state index contributed by atoms with van der Waals surface area (Å²) in [6.07, 6.45) is 7.54. The Morgan fingerprint density at radius 1 is 1.08 bits per heavy atom. The van der Waals surface area contributed by atoms with Gasteiger partial charge in [0.05, 0.1) is 0 Å². The summed E-state index contributed by atoms with van der Waals surface area (Å²) >= 11 is 12.5. The zero-order valence-electron chi connectivity index (χ0n) is 7.29. The Kier molecular flexibility index (Phi) is 1.15. The zero-order valence-corrected chi connectivity index (χ0v) is 8.80. The van der Waals surface area contributed by atoms with Crippen LogP contribution < -0.4 is 0 Å². The molecule has 0 amide bonds. The van der Waals surface area contributed by atoms with E-state index in [1.165, 1.54) is 12.8 Å². The maximum Gasteiger partial charge on any atom is 0.125 e. The van der Waals surface area contributed by atoms with Crippen LogP contribution in [0.25, 0.3) is 0 Å². The van der Waals surface area contributed by atoms with E-state index >= 15 is 0 Å². The summed E-state index contributed by atoms with van der Waals surface area (Å²) < 4.78 is -0.334. The van der Waals surface area contributed by atoms with E-state index in [2.05, 4.69) is 12.2 Å². The van der Waals surface area contributed by atoms with Gasteiger partial charge in [0.1, 0.15) is 4.33 Å². The van der Waals surface area contributed by atoms with Gasteiger partial charge in [0.15, 0.2) is 0 Å². The summed E-state index contributed by atoms with van der Waals surface area (Å²) in [5.74, 6) is 4.76. The van der Waals surface area contributed by atoms with Crippen LogP contribution in [-0.4, -0.2) is 4.33 Å². The third-order valence-corrected chi connectivity index (χ3v) is 5.96. The molecule has 0 nitrogen and oxygen atoms in total. The molecule has 0 aliphatic heterocycles.